The van der Waals surface area contributed by atoms with Crippen molar-refractivity contribution in [1.82, 2.24) is 4.98 Å². The lowest BCUT2D eigenvalue weighted by Crippen LogP contribution is -2.41. The second kappa shape index (κ2) is 4.49. The minimum absolute atomic E-state index is 0.900. The van der Waals surface area contributed by atoms with E-state index in [4.69, 9.17) is 4.42 Å². The predicted octanol–water partition coefficient (Wildman–Crippen LogP) is 2.84. The van der Waals surface area contributed by atoms with Crippen molar-refractivity contribution < 1.29 is 4.42 Å². The molecule has 0 bridgehead atoms. The van der Waals surface area contributed by atoms with E-state index in [-0.39, 0.29) is 0 Å². The van der Waals surface area contributed by atoms with Crippen molar-refractivity contribution in [2.45, 2.75) is 13.1 Å². The molecule has 0 atom stereocenters. The van der Waals surface area contributed by atoms with Crippen molar-refractivity contribution in [1.29, 1.82) is 0 Å². The summed E-state index contributed by atoms with van der Waals surface area (Å²) in [5, 5.41) is 1.19. The van der Waals surface area contributed by atoms with E-state index in [1.54, 1.807) is 6.26 Å². The van der Waals surface area contributed by atoms with Gasteiger partial charge in [0.25, 0.3) is 0 Å². The summed E-state index contributed by atoms with van der Waals surface area (Å²) in [4.78, 5) is 4.43. The number of hydrogen-bond acceptors (Lipinski definition) is 2. The van der Waals surface area contributed by atoms with Crippen molar-refractivity contribution in [3.63, 3.8) is 0 Å². The van der Waals surface area contributed by atoms with E-state index in [2.05, 4.69) is 29.8 Å². The Labute approximate surface area is 96.7 Å². The first-order valence-corrected chi connectivity index (χ1v) is 8.40. The van der Waals surface area contributed by atoms with Gasteiger partial charge in [0, 0.05) is 11.5 Å². The molecule has 0 aliphatic carbocycles. The molecule has 3 heteroatoms. The van der Waals surface area contributed by atoms with Crippen LogP contribution in [0.4, 0.5) is 0 Å². The number of aromatic nitrogens is 1. The highest BCUT2D eigenvalue weighted by Crippen LogP contribution is 2.08. The lowest BCUT2D eigenvalue weighted by Gasteiger charge is -2.16. The van der Waals surface area contributed by atoms with Crippen LogP contribution < -0.4 is 5.32 Å². The summed E-state index contributed by atoms with van der Waals surface area (Å²) in [6, 6.07) is 9.94. The van der Waals surface area contributed by atoms with Crippen LogP contribution in [0.25, 0.3) is 6.08 Å². The summed E-state index contributed by atoms with van der Waals surface area (Å²) in [6.07, 6.45) is 5.58. The number of furan rings is 1. The fourth-order valence-electron chi connectivity index (χ4n) is 1.51. The zero-order valence-electron chi connectivity index (χ0n) is 9.55. The van der Waals surface area contributed by atoms with Crippen molar-refractivity contribution in [3.8, 4) is 0 Å². The van der Waals surface area contributed by atoms with Gasteiger partial charge in [-0.15, -0.1) is 0 Å². The smallest absolute Gasteiger partial charge is 0.127 e. The van der Waals surface area contributed by atoms with Crippen molar-refractivity contribution in [2.24, 2.45) is 0 Å². The van der Waals surface area contributed by atoms with Gasteiger partial charge in [-0.1, -0.05) is 24.9 Å². The Balaban J connectivity index is 2.20. The van der Waals surface area contributed by atoms with Crippen LogP contribution in [0, 0.1) is 0 Å². The van der Waals surface area contributed by atoms with E-state index in [9.17, 15) is 0 Å². The standard InChI is InChI=1S/C13H15NOSi/c1-16(2,13-7-3-4-9-14-13)11-8-12-6-5-10-15-12/h3-11H,1-2H3/b11-8+. The number of hydrogen-bond donors (Lipinski definition) is 0. The van der Waals surface area contributed by atoms with Crippen molar-refractivity contribution >= 4 is 19.5 Å². The molecule has 82 valence electrons. The molecule has 0 aromatic carbocycles. The Morgan fingerprint density at radius 2 is 2.06 bits per heavy atom. The molecule has 0 aliphatic rings. The van der Waals surface area contributed by atoms with Gasteiger partial charge in [0.05, 0.1) is 6.26 Å². The molecule has 0 N–H and O–H groups in total. The normalized spacial score (nSPS) is 12.1. The summed E-state index contributed by atoms with van der Waals surface area (Å²) in [6.45, 7) is 4.55. The summed E-state index contributed by atoms with van der Waals surface area (Å²) in [5.74, 6) is 0.900. The molecule has 0 amide bonds. The summed E-state index contributed by atoms with van der Waals surface area (Å²) in [5.41, 5.74) is 2.24. The number of pyridine rings is 1. The van der Waals surface area contributed by atoms with E-state index in [1.807, 2.05) is 36.5 Å². The lowest BCUT2D eigenvalue weighted by molar-refractivity contribution is 0.557. The third-order valence-electron chi connectivity index (χ3n) is 2.53. The number of rotatable bonds is 3. The van der Waals surface area contributed by atoms with E-state index < -0.39 is 8.07 Å². The zero-order chi connectivity index (χ0) is 11.4. The Bertz CT molecular complexity index is 460. The Morgan fingerprint density at radius 1 is 1.19 bits per heavy atom. The van der Waals surface area contributed by atoms with Crippen LogP contribution in [0.15, 0.2) is 52.9 Å². The van der Waals surface area contributed by atoms with E-state index in [1.165, 1.54) is 5.32 Å². The van der Waals surface area contributed by atoms with Crippen LogP contribution in [0.1, 0.15) is 5.76 Å². The minimum atomic E-state index is -1.59. The fourth-order valence-corrected chi connectivity index (χ4v) is 3.19. The minimum Gasteiger partial charge on any atom is -0.465 e. The maximum absolute atomic E-state index is 5.28. The molecule has 0 saturated carbocycles. The number of nitrogens with zero attached hydrogens (tertiary/aromatic N) is 1. The summed E-state index contributed by atoms with van der Waals surface area (Å²) < 4.78 is 5.28. The van der Waals surface area contributed by atoms with Crippen LogP contribution in [0.2, 0.25) is 13.1 Å². The first kappa shape index (κ1) is 10.9. The van der Waals surface area contributed by atoms with E-state index in [0.29, 0.717) is 0 Å². The Morgan fingerprint density at radius 3 is 2.69 bits per heavy atom. The van der Waals surface area contributed by atoms with Crippen LogP contribution in [-0.2, 0) is 0 Å². The van der Waals surface area contributed by atoms with Gasteiger partial charge in [0.2, 0.25) is 0 Å². The lowest BCUT2D eigenvalue weighted by atomic mass is 10.4. The van der Waals surface area contributed by atoms with Crippen LogP contribution in [0.3, 0.4) is 0 Å². The summed E-state index contributed by atoms with van der Waals surface area (Å²) >= 11 is 0. The molecule has 0 fully saturated rings. The van der Waals surface area contributed by atoms with Gasteiger partial charge in [-0.25, -0.2) is 0 Å². The molecule has 2 nitrogen and oxygen atoms in total. The zero-order valence-corrected chi connectivity index (χ0v) is 10.6. The molecule has 2 rings (SSSR count). The highest BCUT2D eigenvalue weighted by Gasteiger charge is 2.21. The quantitative estimate of drug-likeness (QED) is 0.756. The first-order valence-electron chi connectivity index (χ1n) is 5.33. The van der Waals surface area contributed by atoms with Gasteiger partial charge in [-0.2, -0.15) is 0 Å². The largest absolute Gasteiger partial charge is 0.465 e. The van der Waals surface area contributed by atoms with Gasteiger partial charge in [-0.3, -0.25) is 4.98 Å². The average Bonchev–Trinajstić information content (AvgIpc) is 2.81. The molecule has 2 aromatic heterocycles. The highest BCUT2D eigenvalue weighted by atomic mass is 28.3. The molecule has 2 heterocycles. The topological polar surface area (TPSA) is 26.0 Å². The van der Waals surface area contributed by atoms with Gasteiger partial charge >= 0.3 is 0 Å². The van der Waals surface area contributed by atoms with Gasteiger partial charge < -0.3 is 4.42 Å². The molecular formula is C13H15NOSi. The van der Waals surface area contributed by atoms with Crippen LogP contribution in [-0.4, -0.2) is 13.1 Å². The van der Waals surface area contributed by atoms with Gasteiger partial charge in [-0.05, 0) is 30.3 Å². The third-order valence-corrected chi connectivity index (χ3v) is 5.15. The maximum atomic E-state index is 5.28. The highest BCUT2D eigenvalue weighted by molar-refractivity contribution is 6.93. The SMILES string of the molecule is C[Si](C)(/C=C/c1ccco1)c1ccccn1. The molecule has 16 heavy (non-hydrogen) atoms. The van der Waals surface area contributed by atoms with E-state index in [0.717, 1.165) is 5.76 Å². The third kappa shape index (κ3) is 2.49. The Hall–Kier alpha value is -1.61. The Kier molecular flexibility index (Phi) is 3.06. The van der Waals surface area contributed by atoms with Crippen molar-refractivity contribution in [2.75, 3.05) is 0 Å². The molecule has 0 unspecified atom stereocenters. The van der Waals surface area contributed by atoms with Crippen LogP contribution in [0.5, 0.6) is 0 Å². The van der Waals surface area contributed by atoms with Gasteiger partial charge in [0.1, 0.15) is 13.8 Å². The predicted molar refractivity (Wildman–Crippen MR) is 69.1 cm³/mol. The monoisotopic (exact) mass is 229 g/mol. The second-order valence-corrected chi connectivity index (χ2v) is 8.57. The molecule has 2 aromatic rings. The molecule has 0 radical (unpaired) electrons. The maximum Gasteiger partial charge on any atom is 0.127 e. The van der Waals surface area contributed by atoms with Crippen LogP contribution >= 0.6 is 0 Å². The average molecular weight is 229 g/mol. The van der Waals surface area contributed by atoms with Crippen molar-refractivity contribution in [3.05, 3.63) is 54.3 Å². The first-order chi connectivity index (χ1) is 7.68. The van der Waals surface area contributed by atoms with E-state index >= 15 is 0 Å². The fraction of sp³-hybridized carbons (Fsp3) is 0.154. The molecular weight excluding hydrogens is 214 g/mol. The molecule has 0 aliphatic heterocycles. The second-order valence-electron chi connectivity index (χ2n) is 4.29. The van der Waals surface area contributed by atoms with Gasteiger partial charge in [0.15, 0.2) is 0 Å². The molecule has 0 saturated heterocycles. The molecule has 0 spiro atoms. The summed E-state index contributed by atoms with van der Waals surface area (Å²) in [7, 11) is -1.59.